The highest BCUT2D eigenvalue weighted by atomic mass is 32.2. The van der Waals surface area contributed by atoms with Gasteiger partial charge in [-0.15, -0.1) is 23.1 Å². The molecule has 2 unspecified atom stereocenters. The third kappa shape index (κ3) is 7.08. The number of ketones is 1. The molecule has 3 aromatic carbocycles. The van der Waals surface area contributed by atoms with Crippen LogP contribution < -0.4 is 16.0 Å². The van der Waals surface area contributed by atoms with E-state index in [4.69, 9.17) is 12.2 Å². The van der Waals surface area contributed by atoms with Crippen molar-refractivity contribution in [1.82, 2.24) is 0 Å². The normalized spacial score (nSPS) is 14.6. The largest absolute Gasteiger partial charge is 0.332 e. The number of fused-ring (bicyclic) bond motifs is 1. The van der Waals surface area contributed by atoms with E-state index in [1.54, 1.807) is 12.1 Å². The minimum atomic E-state index is -0.532. The molecule has 1 aromatic heterocycles. The molecule has 0 saturated carbocycles. The number of thiocarbonyl (C=S) groups is 1. The molecule has 4 aromatic rings. The second-order valence-corrected chi connectivity index (χ2v) is 13.0. The summed E-state index contributed by atoms with van der Waals surface area (Å²) in [5, 5.41) is 19.9. The number of thioether (sulfide) groups is 1. The molecular formula is C33H30N4O2S3. The SMILES string of the molecule is CC(=O)c1ccc(NC(=S)Nc2cccc(SC(C(=O)Nc3sc4c(c3C#N)CCC(C)C4)c3ccccc3)c2)cc1. The number of anilines is 3. The third-order valence-electron chi connectivity index (χ3n) is 7.10. The van der Waals surface area contributed by atoms with Crippen molar-refractivity contribution in [3.8, 4) is 6.07 Å². The van der Waals surface area contributed by atoms with Crippen LogP contribution in [0.4, 0.5) is 16.4 Å². The summed E-state index contributed by atoms with van der Waals surface area (Å²) in [6.07, 6.45) is 2.88. The molecule has 1 heterocycles. The van der Waals surface area contributed by atoms with Crippen LogP contribution in [-0.2, 0) is 17.6 Å². The summed E-state index contributed by atoms with van der Waals surface area (Å²) in [7, 11) is 0. The molecule has 212 valence electrons. The van der Waals surface area contributed by atoms with Crippen molar-refractivity contribution >= 4 is 68.5 Å². The lowest BCUT2D eigenvalue weighted by Crippen LogP contribution is -2.19. The van der Waals surface area contributed by atoms with E-state index >= 15 is 0 Å². The van der Waals surface area contributed by atoms with Crippen LogP contribution in [0, 0.1) is 17.2 Å². The maximum atomic E-state index is 13.8. The number of nitriles is 1. The van der Waals surface area contributed by atoms with Crippen molar-refractivity contribution in [3.05, 3.63) is 106 Å². The zero-order chi connectivity index (χ0) is 29.6. The van der Waals surface area contributed by atoms with Crippen LogP contribution in [0.25, 0.3) is 0 Å². The number of hydrogen-bond donors (Lipinski definition) is 3. The lowest BCUT2D eigenvalue weighted by molar-refractivity contribution is -0.115. The lowest BCUT2D eigenvalue weighted by Gasteiger charge is -2.18. The molecule has 5 rings (SSSR count). The number of thiophene rings is 1. The van der Waals surface area contributed by atoms with E-state index < -0.39 is 5.25 Å². The van der Waals surface area contributed by atoms with Crippen LogP contribution in [0.1, 0.15) is 57.4 Å². The Balaban J connectivity index is 1.32. The Bertz CT molecular complexity index is 1660. The molecule has 0 radical (unpaired) electrons. The third-order valence-corrected chi connectivity index (χ3v) is 9.72. The highest BCUT2D eigenvalue weighted by molar-refractivity contribution is 8.00. The molecule has 0 aliphatic heterocycles. The van der Waals surface area contributed by atoms with Gasteiger partial charge >= 0.3 is 0 Å². The monoisotopic (exact) mass is 610 g/mol. The molecule has 1 aliphatic carbocycles. The minimum absolute atomic E-state index is 0.00806. The fourth-order valence-electron chi connectivity index (χ4n) is 4.90. The smallest absolute Gasteiger partial charge is 0.243 e. The summed E-state index contributed by atoms with van der Waals surface area (Å²) in [5.41, 5.74) is 4.76. The van der Waals surface area contributed by atoms with E-state index in [2.05, 4.69) is 28.9 Å². The van der Waals surface area contributed by atoms with Crippen LogP contribution in [0.2, 0.25) is 0 Å². The van der Waals surface area contributed by atoms with Gasteiger partial charge in [-0.1, -0.05) is 43.3 Å². The van der Waals surface area contributed by atoms with Gasteiger partial charge in [0, 0.05) is 26.7 Å². The minimum Gasteiger partial charge on any atom is -0.332 e. The number of hydrogen-bond acceptors (Lipinski definition) is 6. The van der Waals surface area contributed by atoms with Crippen LogP contribution >= 0.6 is 35.3 Å². The van der Waals surface area contributed by atoms with Gasteiger partial charge in [0.1, 0.15) is 16.3 Å². The second-order valence-electron chi connectivity index (χ2n) is 10.3. The van der Waals surface area contributed by atoms with E-state index in [1.165, 1.54) is 34.9 Å². The molecule has 42 heavy (non-hydrogen) atoms. The van der Waals surface area contributed by atoms with Crippen molar-refractivity contribution in [2.45, 2.75) is 43.3 Å². The van der Waals surface area contributed by atoms with E-state index in [1.807, 2.05) is 66.7 Å². The molecule has 6 nitrogen and oxygen atoms in total. The molecule has 0 bridgehead atoms. The van der Waals surface area contributed by atoms with E-state index in [0.29, 0.717) is 27.2 Å². The zero-order valence-corrected chi connectivity index (χ0v) is 25.7. The average molecular weight is 611 g/mol. The van der Waals surface area contributed by atoms with Crippen molar-refractivity contribution < 1.29 is 9.59 Å². The summed E-state index contributed by atoms with van der Waals surface area (Å²) < 4.78 is 0. The number of amides is 1. The van der Waals surface area contributed by atoms with Crippen molar-refractivity contribution in [2.24, 2.45) is 5.92 Å². The predicted molar refractivity (Wildman–Crippen MR) is 177 cm³/mol. The van der Waals surface area contributed by atoms with E-state index in [0.717, 1.165) is 46.7 Å². The predicted octanol–water partition coefficient (Wildman–Crippen LogP) is 8.23. The van der Waals surface area contributed by atoms with Crippen molar-refractivity contribution in [2.75, 3.05) is 16.0 Å². The van der Waals surface area contributed by atoms with Gasteiger partial charge in [-0.2, -0.15) is 5.26 Å². The Labute approximate surface area is 259 Å². The van der Waals surface area contributed by atoms with Crippen molar-refractivity contribution in [3.63, 3.8) is 0 Å². The molecule has 2 atom stereocenters. The zero-order valence-electron chi connectivity index (χ0n) is 23.3. The number of carbonyl (C=O) groups excluding carboxylic acids is 2. The van der Waals surface area contributed by atoms with Gasteiger partial charge in [0.05, 0.1) is 5.56 Å². The summed E-state index contributed by atoms with van der Waals surface area (Å²) >= 11 is 8.49. The van der Waals surface area contributed by atoms with Crippen molar-refractivity contribution in [1.29, 1.82) is 5.26 Å². The highest BCUT2D eigenvalue weighted by Crippen LogP contribution is 2.42. The van der Waals surface area contributed by atoms with Crippen LogP contribution in [0.3, 0.4) is 0 Å². The number of nitrogens with zero attached hydrogens (tertiary/aromatic N) is 1. The highest BCUT2D eigenvalue weighted by Gasteiger charge is 2.28. The van der Waals surface area contributed by atoms with Gasteiger partial charge in [0.25, 0.3) is 0 Å². The van der Waals surface area contributed by atoms with Gasteiger partial charge in [-0.3, -0.25) is 9.59 Å². The van der Waals surface area contributed by atoms with Gasteiger partial charge in [-0.25, -0.2) is 0 Å². The molecule has 0 spiro atoms. The fourth-order valence-corrected chi connectivity index (χ4v) is 7.58. The first kappa shape index (κ1) is 29.5. The average Bonchev–Trinajstić information content (AvgIpc) is 3.32. The Morgan fingerprint density at radius 3 is 2.45 bits per heavy atom. The van der Waals surface area contributed by atoms with Crippen LogP contribution in [0.15, 0.2) is 83.8 Å². The number of benzene rings is 3. The number of Topliss-reactive ketones (excluding diaryl/α,β-unsaturated/α-hetero) is 1. The van der Waals surface area contributed by atoms with Gasteiger partial charge in [0.15, 0.2) is 10.9 Å². The molecule has 0 fully saturated rings. The van der Waals surface area contributed by atoms with Gasteiger partial charge in [0.2, 0.25) is 5.91 Å². The Morgan fingerprint density at radius 1 is 1.00 bits per heavy atom. The first-order chi connectivity index (χ1) is 20.3. The molecule has 0 saturated heterocycles. The van der Waals surface area contributed by atoms with Gasteiger partial charge < -0.3 is 16.0 Å². The first-order valence-corrected chi connectivity index (χ1v) is 15.8. The number of carbonyl (C=O) groups is 2. The maximum Gasteiger partial charge on any atom is 0.243 e. The lowest BCUT2D eigenvalue weighted by atomic mass is 9.88. The molecule has 3 N–H and O–H groups in total. The quantitative estimate of drug-likeness (QED) is 0.105. The second kappa shape index (κ2) is 13.3. The first-order valence-electron chi connectivity index (χ1n) is 13.7. The summed E-state index contributed by atoms with van der Waals surface area (Å²) in [6.45, 7) is 3.76. The summed E-state index contributed by atoms with van der Waals surface area (Å²) in [6, 6.07) is 26.9. The standard InChI is InChI=1S/C33H30N4O2S3/c1-20-11-16-27-28(19-34)32(42-29(27)17-20)37-31(39)30(23-7-4-3-5-8-23)41-26-10-6-9-25(18-26)36-33(40)35-24-14-12-22(13-15-24)21(2)38/h3-10,12-15,18,20,30H,11,16-17H2,1-2H3,(H,37,39)(H2,35,36,40). The van der Waals surface area contributed by atoms with Crippen LogP contribution in [0.5, 0.6) is 0 Å². The topological polar surface area (TPSA) is 94.0 Å². The molecule has 1 aliphatic rings. The van der Waals surface area contributed by atoms with E-state index in [9.17, 15) is 14.9 Å². The molecule has 1 amide bonds. The Kier molecular flexibility index (Phi) is 9.38. The number of nitrogens with one attached hydrogen (secondary N) is 3. The van der Waals surface area contributed by atoms with Gasteiger partial charge in [-0.05, 0) is 97.9 Å². The fraction of sp³-hybridized carbons (Fsp3) is 0.212. The van der Waals surface area contributed by atoms with Crippen LogP contribution in [-0.4, -0.2) is 16.8 Å². The summed E-state index contributed by atoms with van der Waals surface area (Å²) in [5.74, 6) is 0.419. The maximum absolute atomic E-state index is 13.8. The molecular weight excluding hydrogens is 581 g/mol. The summed E-state index contributed by atoms with van der Waals surface area (Å²) in [4.78, 5) is 27.4. The van der Waals surface area contributed by atoms with E-state index in [-0.39, 0.29) is 11.7 Å². The Hall–Kier alpha value is -3.97. The number of rotatable bonds is 8. The molecule has 9 heteroatoms. The Morgan fingerprint density at radius 2 is 1.74 bits per heavy atom.